The fraction of sp³-hybridized carbons (Fsp3) is 1.00. The molecule has 1 saturated carbocycles. The van der Waals surface area contributed by atoms with Gasteiger partial charge >= 0.3 is 0 Å². The second-order valence-electron chi connectivity index (χ2n) is 5.52. The standard InChI is InChI=1S/C12H26N2O3S/c1-10-5-6-12(11(2)9-10)13-18(16,17)14(3)7-4-8-15/h10-13,15H,4-9H2,1-3H3. The zero-order valence-corrected chi connectivity index (χ0v) is 12.4. The van der Waals surface area contributed by atoms with Crippen LogP contribution in [0, 0.1) is 11.8 Å². The van der Waals surface area contributed by atoms with E-state index in [2.05, 4.69) is 18.6 Å². The molecule has 3 unspecified atom stereocenters. The highest BCUT2D eigenvalue weighted by atomic mass is 32.2. The molecule has 0 aromatic carbocycles. The summed E-state index contributed by atoms with van der Waals surface area (Å²) < 4.78 is 28.2. The van der Waals surface area contributed by atoms with Crippen molar-refractivity contribution in [2.45, 2.75) is 45.6 Å². The normalized spacial score (nSPS) is 29.7. The lowest BCUT2D eigenvalue weighted by Crippen LogP contribution is -2.48. The predicted octanol–water partition coefficient (Wildman–Crippen LogP) is 0.960. The molecule has 1 aliphatic carbocycles. The SMILES string of the molecule is CC1CCC(NS(=O)(=O)N(C)CCCO)C(C)C1. The van der Waals surface area contributed by atoms with E-state index in [0.29, 0.717) is 24.8 Å². The van der Waals surface area contributed by atoms with Crippen molar-refractivity contribution in [1.29, 1.82) is 0 Å². The van der Waals surface area contributed by atoms with Crippen LogP contribution >= 0.6 is 0 Å². The summed E-state index contributed by atoms with van der Waals surface area (Å²) in [6, 6.07) is 0.0442. The first-order valence-electron chi connectivity index (χ1n) is 6.71. The minimum atomic E-state index is -3.41. The molecule has 0 aromatic heterocycles. The lowest BCUT2D eigenvalue weighted by molar-refractivity contribution is 0.244. The van der Waals surface area contributed by atoms with Gasteiger partial charge < -0.3 is 5.11 Å². The Bertz CT molecular complexity index is 345. The highest BCUT2D eigenvalue weighted by Crippen LogP contribution is 2.29. The molecular formula is C12H26N2O3S. The molecule has 3 atom stereocenters. The first kappa shape index (κ1) is 15.9. The van der Waals surface area contributed by atoms with Gasteiger partial charge in [0.1, 0.15) is 0 Å². The van der Waals surface area contributed by atoms with Gasteiger partial charge in [0.15, 0.2) is 0 Å². The van der Waals surface area contributed by atoms with E-state index in [0.717, 1.165) is 19.3 Å². The van der Waals surface area contributed by atoms with Crippen LogP contribution in [0.1, 0.15) is 39.5 Å². The zero-order valence-electron chi connectivity index (χ0n) is 11.6. The zero-order chi connectivity index (χ0) is 13.8. The number of hydrogen-bond donors (Lipinski definition) is 2. The molecule has 6 heteroatoms. The quantitative estimate of drug-likeness (QED) is 0.760. The van der Waals surface area contributed by atoms with Crippen LogP contribution in [-0.2, 0) is 10.2 Å². The van der Waals surface area contributed by atoms with Gasteiger partial charge in [-0.25, -0.2) is 0 Å². The second kappa shape index (κ2) is 6.84. The first-order chi connectivity index (χ1) is 8.36. The average molecular weight is 278 g/mol. The van der Waals surface area contributed by atoms with Gasteiger partial charge in [-0.05, 0) is 37.5 Å². The number of hydrogen-bond acceptors (Lipinski definition) is 3. The number of aliphatic hydroxyl groups is 1. The van der Waals surface area contributed by atoms with E-state index in [1.807, 2.05) is 0 Å². The van der Waals surface area contributed by atoms with E-state index < -0.39 is 10.2 Å². The topological polar surface area (TPSA) is 69.6 Å². The molecule has 0 heterocycles. The van der Waals surface area contributed by atoms with Crippen LogP contribution in [0.2, 0.25) is 0 Å². The lowest BCUT2D eigenvalue weighted by Gasteiger charge is -2.34. The molecule has 0 aromatic rings. The Morgan fingerprint density at radius 2 is 2.00 bits per heavy atom. The Labute approximate surface area is 111 Å². The molecule has 0 saturated heterocycles. The molecule has 1 fully saturated rings. The van der Waals surface area contributed by atoms with Crippen LogP contribution in [0.25, 0.3) is 0 Å². The van der Waals surface area contributed by atoms with Gasteiger partial charge in [-0.1, -0.05) is 13.8 Å². The van der Waals surface area contributed by atoms with Gasteiger partial charge in [0.05, 0.1) is 0 Å². The van der Waals surface area contributed by atoms with Crippen LogP contribution in [0.4, 0.5) is 0 Å². The van der Waals surface area contributed by atoms with Crippen molar-refractivity contribution in [2.75, 3.05) is 20.2 Å². The molecule has 1 rings (SSSR count). The van der Waals surface area contributed by atoms with Crippen LogP contribution in [0.5, 0.6) is 0 Å². The van der Waals surface area contributed by atoms with Crippen LogP contribution in [0.3, 0.4) is 0 Å². The molecule has 0 radical (unpaired) electrons. The molecule has 18 heavy (non-hydrogen) atoms. The number of rotatable bonds is 6. The highest BCUT2D eigenvalue weighted by molar-refractivity contribution is 7.87. The summed E-state index contributed by atoms with van der Waals surface area (Å²) >= 11 is 0. The Hall–Kier alpha value is -0.170. The largest absolute Gasteiger partial charge is 0.396 e. The monoisotopic (exact) mass is 278 g/mol. The Morgan fingerprint density at radius 1 is 1.33 bits per heavy atom. The fourth-order valence-corrected chi connectivity index (χ4v) is 3.82. The molecular weight excluding hydrogens is 252 g/mol. The van der Waals surface area contributed by atoms with Gasteiger partial charge in [0.25, 0.3) is 10.2 Å². The van der Waals surface area contributed by atoms with Crippen molar-refractivity contribution in [3.05, 3.63) is 0 Å². The van der Waals surface area contributed by atoms with E-state index in [1.54, 1.807) is 7.05 Å². The Balaban J connectivity index is 2.54. The van der Waals surface area contributed by atoms with Crippen LogP contribution in [0.15, 0.2) is 0 Å². The van der Waals surface area contributed by atoms with Crippen molar-refractivity contribution in [1.82, 2.24) is 9.03 Å². The van der Waals surface area contributed by atoms with E-state index in [4.69, 9.17) is 5.11 Å². The molecule has 1 aliphatic rings. The third kappa shape index (κ3) is 4.50. The summed E-state index contributed by atoms with van der Waals surface area (Å²) in [5.41, 5.74) is 0. The summed E-state index contributed by atoms with van der Waals surface area (Å²) in [5.74, 6) is 1.07. The van der Waals surface area contributed by atoms with Crippen molar-refractivity contribution < 1.29 is 13.5 Å². The van der Waals surface area contributed by atoms with E-state index in [1.165, 1.54) is 4.31 Å². The summed E-state index contributed by atoms with van der Waals surface area (Å²) in [6.45, 7) is 4.69. The molecule has 0 aliphatic heterocycles. The smallest absolute Gasteiger partial charge is 0.279 e. The maximum atomic E-state index is 12.1. The third-order valence-corrected chi connectivity index (χ3v) is 5.38. The predicted molar refractivity (Wildman–Crippen MR) is 72.4 cm³/mol. The summed E-state index contributed by atoms with van der Waals surface area (Å²) in [4.78, 5) is 0. The number of nitrogens with zero attached hydrogens (tertiary/aromatic N) is 1. The second-order valence-corrected chi connectivity index (χ2v) is 7.33. The van der Waals surface area contributed by atoms with Gasteiger partial charge in [-0.3, -0.25) is 0 Å². The van der Waals surface area contributed by atoms with Crippen molar-refractivity contribution in [3.8, 4) is 0 Å². The van der Waals surface area contributed by atoms with Crippen molar-refractivity contribution >= 4 is 10.2 Å². The Morgan fingerprint density at radius 3 is 2.56 bits per heavy atom. The first-order valence-corrected chi connectivity index (χ1v) is 8.15. The fourth-order valence-electron chi connectivity index (χ4n) is 2.54. The van der Waals surface area contributed by atoms with Gasteiger partial charge in [-0.15, -0.1) is 0 Å². The molecule has 108 valence electrons. The maximum Gasteiger partial charge on any atom is 0.279 e. The van der Waals surface area contributed by atoms with E-state index in [9.17, 15) is 8.42 Å². The molecule has 0 amide bonds. The Kier molecular flexibility index (Phi) is 6.04. The van der Waals surface area contributed by atoms with Gasteiger partial charge in [0, 0.05) is 26.2 Å². The van der Waals surface area contributed by atoms with Crippen molar-refractivity contribution in [3.63, 3.8) is 0 Å². The molecule has 5 nitrogen and oxygen atoms in total. The lowest BCUT2D eigenvalue weighted by atomic mass is 9.80. The summed E-state index contributed by atoms with van der Waals surface area (Å²) in [5, 5.41) is 8.73. The minimum Gasteiger partial charge on any atom is -0.396 e. The molecule has 0 spiro atoms. The van der Waals surface area contributed by atoms with Crippen molar-refractivity contribution in [2.24, 2.45) is 11.8 Å². The highest BCUT2D eigenvalue weighted by Gasteiger charge is 2.30. The third-order valence-electron chi connectivity index (χ3n) is 3.77. The number of nitrogens with one attached hydrogen (secondary N) is 1. The molecule has 0 bridgehead atoms. The summed E-state index contributed by atoms with van der Waals surface area (Å²) in [6.07, 6.45) is 3.54. The number of aliphatic hydroxyl groups excluding tert-OH is 1. The maximum absolute atomic E-state index is 12.1. The average Bonchev–Trinajstić information content (AvgIpc) is 2.29. The summed E-state index contributed by atoms with van der Waals surface area (Å²) in [7, 11) is -1.86. The molecule has 2 N–H and O–H groups in total. The van der Waals surface area contributed by atoms with E-state index >= 15 is 0 Å². The van der Waals surface area contributed by atoms with E-state index in [-0.39, 0.29) is 12.6 Å². The van der Waals surface area contributed by atoms with Gasteiger partial charge in [-0.2, -0.15) is 17.4 Å². The van der Waals surface area contributed by atoms with Gasteiger partial charge in [0.2, 0.25) is 0 Å². The van der Waals surface area contributed by atoms with Crippen LogP contribution in [-0.4, -0.2) is 44.1 Å². The van der Waals surface area contributed by atoms with Crippen LogP contribution < -0.4 is 4.72 Å². The minimum absolute atomic E-state index is 0.0111.